The lowest BCUT2D eigenvalue weighted by Crippen LogP contribution is -2.05. The molecular formula is C17H13Cl3N2S. The maximum atomic E-state index is 6.19. The first-order valence-corrected chi connectivity index (χ1v) is 8.96. The quantitative estimate of drug-likeness (QED) is 0.476. The molecule has 0 saturated heterocycles. The summed E-state index contributed by atoms with van der Waals surface area (Å²) in [6, 6.07) is 13.6. The van der Waals surface area contributed by atoms with E-state index in [1.807, 2.05) is 55.0 Å². The smallest absolute Gasteiger partial charge is 0.0946 e. The molecule has 0 saturated carbocycles. The van der Waals surface area contributed by atoms with Crippen molar-refractivity contribution in [3.63, 3.8) is 0 Å². The van der Waals surface area contributed by atoms with Crippen molar-refractivity contribution < 1.29 is 0 Å². The van der Waals surface area contributed by atoms with Crippen LogP contribution in [0.1, 0.15) is 10.8 Å². The molecule has 0 bridgehead atoms. The third-order valence-corrected chi connectivity index (χ3v) is 5.58. The van der Waals surface area contributed by atoms with Gasteiger partial charge in [0.1, 0.15) is 0 Å². The Labute approximate surface area is 154 Å². The first-order chi connectivity index (χ1) is 11.1. The van der Waals surface area contributed by atoms with Crippen molar-refractivity contribution in [3.8, 4) is 0 Å². The molecule has 0 N–H and O–H groups in total. The predicted molar refractivity (Wildman–Crippen MR) is 98.7 cm³/mol. The van der Waals surface area contributed by atoms with Crippen LogP contribution in [-0.2, 0) is 6.54 Å². The molecule has 0 spiro atoms. The Bertz CT molecular complexity index is 773. The molecule has 0 aliphatic heterocycles. The highest BCUT2D eigenvalue weighted by Crippen LogP contribution is 2.38. The van der Waals surface area contributed by atoms with E-state index < -0.39 is 0 Å². The molecule has 0 amide bonds. The highest BCUT2D eigenvalue weighted by molar-refractivity contribution is 7.99. The maximum absolute atomic E-state index is 6.19. The number of aromatic nitrogens is 2. The van der Waals surface area contributed by atoms with Gasteiger partial charge in [0.2, 0.25) is 0 Å². The average molecular weight is 384 g/mol. The number of hydrogen-bond donors (Lipinski definition) is 0. The minimum absolute atomic E-state index is 0.181. The van der Waals surface area contributed by atoms with Crippen LogP contribution < -0.4 is 0 Å². The molecule has 1 heterocycles. The second-order valence-corrected chi connectivity index (χ2v) is 7.52. The lowest BCUT2D eigenvalue weighted by atomic mass is 10.1. The minimum atomic E-state index is 0.181. The molecule has 3 aromatic rings. The van der Waals surface area contributed by atoms with Crippen molar-refractivity contribution in [2.24, 2.45) is 0 Å². The SMILES string of the molecule is Clc1ccc(SC(Cn2ccnc2)c2ccc(Cl)c(Cl)c2)cc1. The number of rotatable bonds is 5. The molecule has 3 rings (SSSR count). The Hall–Kier alpha value is -1.13. The van der Waals surface area contributed by atoms with E-state index in [1.54, 1.807) is 18.0 Å². The van der Waals surface area contributed by atoms with Crippen molar-refractivity contribution in [2.45, 2.75) is 16.7 Å². The zero-order valence-electron chi connectivity index (χ0n) is 12.0. The minimum Gasteiger partial charge on any atom is -0.336 e. The molecule has 1 unspecified atom stereocenters. The van der Waals surface area contributed by atoms with E-state index in [0.29, 0.717) is 10.0 Å². The van der Waals surface area contributed by atoms with Gasteiger partial charge >= 0.3 is 0 Å². The number of hydrogen-bond acceptors (Lipinski definition) is 2. The number of thioether (sulfide) groups is 1. The maximum Gasteiger partial charge on any atom is 0.0946 e. The van der Waals surface area contributed by atoms with E-state index in [9.17, 15) is 0 Å². The van der Waals surface area contributed by atoms with Crippen LogP contribution in [0.15, 0.2) is 66.1 Å². The molecule has 0 aliphatic carbocycles. The number of benzene rings is 2. The van der Waals surface area contributed by atoms with Gasteiger partial charge in [-0.15, -0.1) is 11.8 Å². The molecule has 0 fully saturated rings. The van der Waals surface area contributed by atoms with E-state index in [-0.39, 0.29) is 5.25 Å². The van der Waals surface area contributed by atoms with Crippen LogP contribution in [0.2, 0.25) is 15.1 Å². The van der Waals surface area contributed by atoms with Gasteiger partial charge in [-0.1, -0.05) is 40.9 Å². The van der Waals surface area contributed by atoms with Gasteiger partial charge < -0.3 is 4.57 Å². The molecular weight excluding hydrogens is 371 g/mol. The molecule has 2 aromatic carbocycles. The van der Waals surface area contributed by atoms with Gasteiger partial charge in [0.05, 0.1) is 21.6 Å². The van der Waals surface area contributed by atoms with Crippen LogP contribution in [0.4, 0.5) is 0 Å². The van der Waals surface area contributed by atoms with Crippen LogP contribution in [-0.4, -0.2) is 9.55 Å². The first-order valence-electron chi connectivity index (χ1n) is 6.95. The number of nitrogens with zero attached hydrogens (tertiary/aromatic N) is 2. The summed E-state index contributed by atoms with van der Waals surface area (Å²) >= 11 is 19.9. The van der Waals surface area contributed by atoms with Gasteiger partial charge in [0, 0.05) is 28.9 Å². The Morgan fingerprint density at radius 1 is 1.00 bits per heavy atom. The fraction of sp³-hybridized carbons (Fsp3) is 0.118. The lowest BCUT2D eigenvalue weighted by Gasteiger charge is -2.18. The van der Waals surface area contributed by atoms with Gasteiger partial charge in [-0.25, -0.2) is 4.98 Å². The summed E-state index contributed by atoms with van der Waals surface area (Å²) in [7, 11) is 0. The van der Waals surface area contributed by atoms with Crippen molar-refractivity contribution in [1.29, 1.82) is 0 Å². The Morgan fingerprint density at radius 3 is 2.43 bits per heavy atom. The number of halogens is 3. The summed E-state index contributed by atoms with van der Waals surface area (Å²) in [5.74, 6) is 0. The molecule has 1 atom stereocenters. The zero-order chi connectivity index (χ0) is 16.2. The molecule has 0 radical (unpaired) electrons. The Kier molecular flexibility index (Phi) is 5.54. The monoisotopic (exact) mass is 382 g/mol. The molecule has 118 valence electrons. The van der Waals surface area contributed by atoms with Crippen LogP contribution in [0.3, 0.4) is 0 Å². The topological polar surface area (TPSA) is 17.8 Å². The van der Waals surface area contributed by atoms with Gasteiger partial charge in [0.15, 0.2) is 0 Å². The highest BCUT2D eigenvalue weighted by Gasteiger charge is 2.15. The van der Waals surface area contributed by atoms with Crippen molar-refractivity contribution >= 4 is 46.6 Å². The van der Waals surface area contributed by atoms with E-state index in [4.69, 9.17) is 34.8 Å². The normalized spacial score (nSPS) is 12.3. The molecule has 23 heavy (non-hydrogen) atoms. The van der Waals surface area contributed by atoms with Crippen molar-refractivity contribution in [3.05, 3.63) is 81.8 Å². The highest BCUT2D eigenvalue weighted by atomic mass is 35.5. The van der Waals surface area contributed by atoms with Crippen molar-refractivity contribution in [2.75, 3.05) is 0 Å². The summed E-state index contributed by atoms with van der Waals surface area (Å²) < 4.78 is 2.05. The summed E-state index contributed by atoms with van der Waals surface area (Å²) in [6.07, 6.45) is 5.54. The van der Waals surface area contributed by atoms with E-state index in [1.165, 1.54) is 0 Å². The first kappa shape index (κ1) is 16.7. The summed E-state index contributed by atoms with van der Waals surface area (Å²) in [6.45, 7) is 0.783. The lowest BCUT2D eigenvalue weighted by molar-refractivity contribution is 0.683. The summed E-state index contributed by atoms with van der Waals surface area (Å²) in [5, 5.41) is 2.04. The predicted octanol–water partition coefficient (Wildman–Crippen LogP) is 6.38. The molecule has 6 heteroatoms. The molecule has 0 aliphatic rings. The largest absolute Gasteiger partial charge is 0.336 e. The summed E-state index contributed by atoms with van der Waals surface area (Å²) in [4.78, 5) is 5.25. The fourth-order valence-electron chi connectivity index (χ4n) is 2.19. The fourth-order valence-corrected chi connectivity index (χ4v) is 3.77. The second kappa shape index (κ2) is 7.63. The Morgan fingerprint density at radius 2 is 1.78 bits per heavy atom. The van der Waals surface area contributed by atoms with Crippen LogP contribution in [0.25, 0.3) is 0 Å². The third kappa shape index (κ3) is 4.45. The van der Waals surface area contributed by atoms with Crippen LogP contribution >= 0.6 is 46.6 Å². The molecule has 2 nitrogen and oxygen atoms in total. The molecule has 1 aromatic heterocycles. The average Bonchev–Trinajstić information content (AvgIpc) is 3.05. The van der Waals surface area contributed by atoms with E-state index in [2.05, 4.69) is 9.55 Å². The van der Waals surface area contributed by atoms with Crippen LogP contribution in [0.5, 0.6) is 0 Å². The number of imidazole rings is 1. The standard InChI is InChI=1S/C17H13Cl3N2S/c18-13-2-4-14(5-3-13)23-17(10-22-8-7-21-11-22)12-1-6-15(19)16(20)9-12/h1-9,11,17H,10H2. The van der Waals surface area contributed by atoms with Crippen molar-refractivity contribution in [1.82, 2.24) is 9.55 Å². The van der Waals surface area contributed by atoms with Gasteiger partial charge in [-0.3, -0.25) is 0 Å². The second-order valence-electron chi connectivity index (χ2n) is 4.99. The Balaban J connectivity index is 1.89. The van der Waals surface area contributed by atoms with Gasteiger partial charge in [-0.2, -0.15) is 0 Å². The third-order valence-electron chi connectivity index (χ3n) is 3.34. The van der Waals surface area contributed by atoms with Gasteiger partial charge in [-0.05, 0) is 42.0 Å². The van der Waals surface area contributed by atoms with E-state index in [0.717, 1.165) is 22.0 Å². The zero-order valence-corrected chi connectivity index (χ0v) is 15.1. The van der Waals surface area contributed by atoms with Crippen LogP contribution in [0, 0.1) is 0 Å². The summed E-state index contributed by atoms with van der Waals surface area (Å²) in [5.41, 5.74) is 1.12. The van der Waals surface area contributed by atoms with E-state index >= 15 is 0 Å². The van der Waals surface area contributed by atoms with Gasteiger partial charge in [0.25, 0.3) is 0 Å².